The molecule has 0 radical (unpaired) electrons. The van der Waals surface area contributed by atoms with Crippen molar-refractivity contribution < 1.29 is 0 Å². The van der Waals surface area contributed by atoms with Crippen LogP contribution in [0.5, 0.6) is 0 Å². The number of likely N-dealkylation sites (N-methyl/N-ethyl adjacent to an activating group) is 2. The second kappa shape index (κ2) is 7.08. The van der Waals surface area contributed by atoms with Gasteiger partial charge in [0.15, 0.2) is 0 Å². The molecule has 114 valence electrons. The molecule has 2 heteroatoms. The highest BCUT2D eigenvalue weighted by Crippen LogP contribution is 2.37. The third-order valence-corrected chi connectivity index (χ3v) is 5.04. The van der Waals surface area contributed by atoms with Gasteiger partial charge in [-0.15, -0.1) is 0 Å². The first-order valence-corrected chi connectivity index (χ1v) is 8.16. The third kappa shape index (κ3) is 4.75. The number of nitrogens with one attached hydrogen (secondary N) is 1. The van der Waals surface area contributed by atoms with Crippen LogP contribution in [0, 0.1) is 5.41 Å². The van der Waals surface area contributed by atoms with Crippen LogP contribution in [0.25, 0.3) is 0 Å². The fraction of sp³-hybridized carbons (Fsp3) is 1.00. The summed E-state index contributed by atoms with van der Waals surface area (Å²) in [5, 5.41) is 3.65. The smallest absolute Gasteiger partial charge is 0.0356 e. The Labute approximate surface area is 121 Å². The van der Waals surface area contributed by atoms with Crippen molar-refractivity contribution >= 4 is 0 Å². The van der Waals surface area contributed by atoms with Crippen molar-refractivity contribution in [2.45, 2.75) is 83.7 Å². The second-order valence-corrected chi connectivity index (χ2v) is 7.85. The first kappa shape index (κ1) is 17.0. The summed E-state index contributed by atoms with van der Waals surface area (Å²) in [6.45, 7) is 7.07. The van der Waals surface area contributed by atoms with Gasteiger partial charge in [0.25, 0.3) is 0 Å². The molecule has 1 N–H and O–H groups in total. The molecule has 1 rings (SSSR count). The molecule has 1 aliphatic rings. The van der Waals surface area contributed by atoms with Gasteiger partial charge >= 0.3 is 0 Å². The van der Waals surface area contributed by atoms with Gasteiger partial charge in [-0.2, -0.15) is 0 Å². The predicted molar refractivity (Wildman–Crippen MR) is 85.7 cm³/mol. The van der Waals surface area contributed by atoms with Crippen LogP contribution in [-0.4, -0.2) is 37.6 Å². The lowest BCUT2D eigenvalue weighted by atomic mass is 9.77. The Morgan fingerprint density at radius 2 is 1.58 bits per heavy atom. The average Bonchev–Trinajstić information content (AvgIpc) is 2.55. The summed E-state index contributed by atoms with van der Waals surface area (Å²) in [6, 6.07) is 0.625. The molecular formula is C17H36N2. The van der Waals surface area contributed by atoms with Crippen LogP contribution in [-0.2, 0) is 0 Å². The zero-order chi connectivity index (χ0) is 14.5. The van der Waals surface area contributed by atoms with Crippen molar-refractivity contribution in [3.8, 4) is 0 Å². The monoisotopic (exact) mass is 268 g/mol. The lowest BCUT2D eigenvalue weighted by Gasteiger charge is -2.46. The van der Waals surface area contributed by atoms with E-state index in [4.69, 9.17) is 0 Å². The van der Waals surface area contributed by atoms with E-state index in [0.29, 0.717) is 17.0 Å². The topological polar surface area (TPSA) is 15.3 Å². The van der Waals surface area contributed by atoms with Crippen LogP contribution in [0.2, 0.25) is 0 Å². The summed E-state index contributed by atoms with van der Waals surface area (Å²) in [5.41, 5.74) is 0.809. The number of hydrogen-bond acceptors (Lipinski definition) is 2. The number of hydrogen-bond donors (Lipinski definition) is 1. The summed E-state index contributed by atoms with van der Waals surface area (Å²) < 4.78 is 0. The molecule has 0 bridgehead atoms. The minimum Gasteiger partial charge on any atom is -0.315 e. The minimum atomic E-state index is 0.372. The Morgan fingerprint density at radius 1 is 1.05 bits per heavy atom. The Kier molecular flexibility index (Phi) is 6.32. The van der Waals surface area contributed by atoms with Crippen LogP contribution in [0.15, 0.2) is 0 Å². The van der Waals surface area contributed by atoms with E-state index >= 15 is 0 Å². The third-order valence-electron chi connectivity index (χ3n) is 5.04. The lowest BCUT2D eigenvalue weighted by Crippen LogP contribution is -2.58. The fourth-order valence-corrected chi connectivity index (χ4v) is 3.71. The van der Waals surface area contributed by atoms with Gasteiger partial charge in [0.2, 0.25) is 0 Å². The maximum Gasteiger partial charge on any atom is 0.0356 e. The normalized spacial score (nSPS) is 22.3. The van der Waals surface area contributed by atoms with Gasteiger partial charge < -0.3 is 10.2 Å². The zero-order valence-corrected chi connectivity index (χ0v) is 14.2. The van der Waals surface area contributed by atoms with Gasteiger partial charge in [-0.05, 0) is 52.2 Å². The molecule has 0 heterocycles. The van der Waals surface area contributed by atoms with E-state index in [2.05, 4.69) is 52.1 Å². The van der Waals surface area contributed by atoms with Crippen LogP contribution in [0.4, 0.5) is 0 Å². The first-order valence-electron chi connectivity index (χ1n) is 8.16. The highest BCUT2D eigenvalue weighted by Gasteiger charge is 2.40. The van der Waals surface area contributed by atoms with E-state index < -0.39 is 0 Å². The zero-order valence-electron chi connectivity index (χ0n) is 14.2. The second-order valence-electron chi connectivity index (χ2n) is 7.85. The van der Waals surface area contributed by atoms with Gasteiger partial charge in [-0.25, -0.2) is 0 Å². The fourth-order valence-electron chi connectivity index (χ4n) is 3.71. The molecular weight excluding hydrogens is 232 g/mol. The number of nitrogens with zero attached hydrogens (tertiary/aromatic N) is 1. The van der Waals surface area contributed by atoms with Crippen molar-refractivity contribution in [2.75, 3.05) is 21.1 Å². The van der Waals surface area contributed by atoms with Gasteiger partial charge in [0.1, 0.15) is 0 Å². The quantitative estimate of drug-likeness (QED) is 0.757. The van der Waals surface area contributed by atoms with E-state index in [0.717, 1.165) is 0 Å². The largest absolute Gasteiger partial charge is 0.315 e. The van der Waals surface area contributed by atoms with Gasteiger partial charge in [-0.3, -0.25) is 0 Å². The maximum atomic E-state index is 3.65. The predicted octanol–water partition coefficient (Wildman–Crippen LogP) is 4.06. The summed E-state index contributed by atoms with van der Waals surface area (Å²) in [7, 11) is 6.73. The Bertz CT molecular complexity index is 244. The van der Waals surface area contributed by atoms with Crippen molar-refractivity contribution in [2.24, 2.45) is 5.41 Å². The molecule has 0 amide bonds. The van der Waals surface area contributed by atoms with Crippen LogP contribution < -0.4 is 5.32 Å². The van der Waals surface area contributed by atoms with Crippen LogP contribution >= 0.6 is 0 Å². The van der Waals surface area contributed by atoms with Gasteiger partial charge in [0.05, 0.1) is 0 Å². The van der Waals surface area contributed by atoms with Crippen molar-refractivity contribution in [3.63, 3.8) is 0 Å². The summed E-state index contributed by atoms with van der Waals surface area (Å²) in [4.78, 5) is 2.52. The average molecular weight is 268 g/mol. The molecule has 0 aliphatic heterocycles. The van der Waals surface area contributed by atoms with Crippen molar-refractivity contribution in [3.05, 3.63) is 0 Å². The van der Waals surface area contributed by atoms with E-state index in [1.807, 2.05) is 0 Å². The SMILES string of the molecule is CNC(CCC(C)(C)C)C1(N(C)C)CCCCCC1. The van der Waals surface area contributed by atoms with E-state index in [-0.39, 0.29) is 0 Å². The molecule has 0 aromatic heterocycles. The highest BCUT2D eigenvalue weighted by atomic mass is 15.2. The van der Waals surface area contributed by atoms with Crippen molar-refractivity contribution in [1.29, 1.82) is 0 Å². The Morgan fingerprint density at radius 3 is 1.95 bits per heavy atom. The Balaban J connectivity index is 2.81. The molecule has 1 atom stereocenters. The van der Waals surface area contributed by atoms with E-state index in [1.165, 1.54) is 51.4 Å². The van der Waals surface area contributed by atoms with E-state index in [1.54, 1.807) is 0 Å². The van der Waals surface area contributed by atoms with Crippen LogP contribution in [0.3, 0.4) is 0 Å². The number of rotatable bonds is 5. The minimum absolute atomic E-state index is 0.372. The Hall–Kier alpha value is -0.0800. The molecule has 0 aromatic rings. The molecule has 1 fully saturated rings. The molecule has 0 saturated heterocycles. The van der Waals surface area contributed by atoms with Crippen LogP contribution in [0.1, 0.15) is 72.1 Å². The highest BCUT2D eigenvalue weighted by molar-refractivity contribution is 4.99. The molecule has 1 aliphatic carbocycles. The van der Waals surface area contributed by atoms with Gasteiger partial charge in [-0.1, -0.05) is 46.5 Å². The first-order chi connectivity index (χ1) is 8.82. The molecule has 19 heavy (non-hydrogen) atoms. The van der Waals surface area contributed by atoms with Gasteiger partial charge in [0, 0.05) is 11.6 Å². The summed E-state index contributed by atoms with van der Waals surface area (Å²) in [5.74, 6) is 0. The summed E-state index contributed by atoms with van der Waals surface area (Å²) in [6.07, 6.45) is 10.9. The molecule has 2 nitrogen and oxygen atoms in total. The van der Waals surface area contributed by atoms with E-state index in [9.17, 15) is 0 Å². The molecule has 0 aromatic carbocycles. The maximum absolute atomic E-state index is 3.65. The van der Waals surface area contributed by atoms with Crippen molar-refractivity contribution in [1.82, 2.24) is 10.2 Å². The lowest BCUT2D eigenvalue weighted by molar-refractivity contribution is 0.0742. The molecule has 0 spiro atoms. The summed E-state index contributed by atoms with van der Waals surface area (Å²) >= 11 is 0. The molecule has 1 unspecified atom stereocenters. The molecule has 1 saturated carbocycles. The standard InChI is InChI=1S/C17H36N2/c1-16(2,3)14-11-15(18-4)17(19(5)6)12-9-7-8-10-13-17/h15,18H,7-14H2,1-6H3.